The molecular formula is C12H4Br2F11NO2. The van der Waals surface area contributed by atoms with E-state index < -0.39 is 41.8 Å². The highest BCUT2D eigenvalue weighted by atomic mass is 79.9. The lowest BCUT2D eigenvalue weighted by Crippen LogP contribution is -2.62. The number of amides is 1. The Morgan fingerprint density at radius 2 is 1.36 bits per heavy atom. The molecular weight excluding hydrogens is 559 g/mol. The highest BCUT2D eigenvalue weighted by molar-refractivity contribution is 9.11. The summed E-state index contributed by atoms with van der Waals surface area (Å²) >= 11 is 5.61. The van der Waals surface area contributed by atoms with Crippen LogP contribution in [0.2, 0.25) is 0 Å². The van der Waals surface area contributed by atoms with Crippen LogP contribution in [0.25, 0.3) is 0 Å². The number of benzene rings is 1. The van der Waals surface area contributed by atoms with Gasteiger partial charge in [0.05, 0.1) is 5.69 Å². The van der Waals surface area contributed by atoms with Crippen LogP contribution in [0.15, 0.2) is 27.1 Å². The summed E-state index contributed by atoms with van der Waals surface area (Å²) in [6.45, 7) is 0. The van der Waals surface area contributed by atoms with Gasteiger partial charge >= 0.3 is 30.2 Å². The second kappa shape index (κ2) is 7.59. The molecule has 0 aliphatic rings. The zero-order valence-electron chi connectivity index (χ0n) is 12.5. The van der Waals surface area contributed by atoms with Gasteiger partial charge in [-0.05, 0) is 34.1 Å². The van der Waals surface area contributed by atoms with Crippen LogP contribution < -0.4 is 5.32 Å². The van der Waals surface area contributed by atoms with E-state index in [1.807, 2.05) is 0 Å². The normalized spacial score (nSPS) is 15.9. The Morgan fingerprint density at radius 1 is 0.857 bits per heavy atom. The smallest absolute Gasteiger partial charge is 0.320 e. The molecule has 160 valence electrons. The van der Waals surface area contributed by atoms with Crippen molar-refractivity contribution in [3.63, 3.8) is 0 Å². The summed E-state index contributed by atoms with van der Waals surface area (Å²) in [7, 11) is 0. The van der Waals surface area contributed by atoms with Crippen molar-refractivity contribution in [3.8, 4) is 0 Å². The third-order valence-electron chi connectivity index (χ3n) is 2.83. The average Bonchev–Trinajstić information content (AvgIpc) is 2.46. The maximum Gasteiger partial charge on any atom is 0.462 e. The number of ether oxygens (including phenoxy) is 1. The van der Waals surface area contributed by atoms with Gasteiger partial charge in [-0.3, -0.25) is 9.53 Å². The topological polar surface area (TPSA) is 38.3 Å². The molecule has 0 aliphatic carbocycles. The number of hydrogen-bond donors (Lipinski definition) is 1. The Morgan fingerprint density at radius 3 is 1.75 bits per heavy atom. The highest BCUT2D eigenvalue weighted by Crippen LogP contribution is 2.51. The molecule has 1 atom stereocenters. The fourth-order valence-electron chi connectivity index (χ4n) is 1.43. The number of carbonyl (C=O) groups is 1. The quantitative estimate of drug-likeness (QED) is 0.435. The van der Waals surface area contributed by atoms with Crippen molar-refractivity contribution < 1.29 is 57.8 Å². The summed E-state index contributed by atoms with van der Waals surface area (Å²) in [5.41, 5.74) is -0.672. The molecule has 1 rings (SSSR count). The van der Waals surface area contributed by atoms with Gasteiger partial charge in [0.25, 0.3) is 5.91 Å². The molecule has 0 saturated carbocycles. The van der Waals surface area contributed by atoms with Crippen LogP contribution in [0, 0.1) is 0 Å². The number of anilines is 1. The Labute approximate surface area is 164 Å². The minimum atomic E-state index is -7.25. The van der Waals surface area contributed by atoms with Gasteiger partial charge in [0, 0.05) is 8.95 Å². The molecule has 0 aliphatic heterocycles. The van der Waals surface area contributed by atoms with E-state index in [1.165, 1.54) is 0 Å². The Bertz CT molecular complexity index is 750. The molecule has 3 nitrogen and oxygen atoms in total. The molecule has 1 amide bonds. The summed E-state index contributed by atoms with van der Waals surface area (Å²) in [5.74, 6) is -16.6. The first-order valence-corrected chi connectivity index (χ1v) is 7.89. The van der Waals surface area contributed by atoms with Crippen LogP contribution in [0.5, 0.6) is 0 Å². The molecule has 0 bridgehead atoms. The van der Waals surface area contributed by atoms with E-state index in [-0.39, 0.29) is 8.95 Å². The van der Waals surface area contributed by atoms with E-state index in [2.05, 4.69) is 36.6 Å². The predicted molar refractivity (Wildman–Crippen MR) is 77.4 cm³/mol. The summed E-state index contributed by atoms with van der Waals surface area (Å²) in [5, 5.41) is 1.11. The van der Waals surface area contributed by atoms with E-state index in [4.69, 9.17) is 0 Å². The van der Waals surface area contributed by atoms with Crippen molar-refractivity contribution in [1.29, 1.82) is 0 Å². The highest BCUT2D eigenvalue weighted by Gasteiger charge is 2.79. The monoisotopic (exact) mass is 561 g/mol. The average molecular weight is 563 g/mol. The number of rotatable bonds is 5. The fourth-order valence-corrected chi connectivity index (χ4v) is 2.58. The van der Waals surface area contributed by atoms with Gasteiger partial charge in [0.15, 0.2) is 0 Å². The SMILES string of the molecule is O=C(Nc1ccc(Br)cc1Br)[C@](F)(OC(F)(F)C(F)(F)C(F)(F)F)C(F)(F)F. The number of nitrogens with one attached hydrogen (secondary N) is 1. The van der Waals surface area contributed by atoms with Crippen molar-refractivity contribution in [1.82, 2.24) is 0 Å². The summed E-state index contributed by atoms with van der Waals surface area (Å²) in [4.78, 5) is 11.5. The standard InChI is InChI=1S/C12H4Br2F11NO2/c13-4-1-2-6(5(14)3-4)26-7(27)8(15,10(18,19)20)28-12(24,25)9(16,17)11(21,22)23/h1-3H,(H,26,27)/t8-/m0/s1. The Kier molecular flexibility index (Phi) is 6.74. The van der Waals surface area contributed by atoms with Crippen LogP contribution in [-0.2, 0) is 9.53 Å². The second-order valence-electron chi connectivity index (χ2n) is 4.86. The van der Waals surface area contributed by atoms with Gasteiger partial charge in [0.2, 0.25) is 0 Å². The molecule has 1 aromatic rings. The van der Waals surface area contributed by atoms with Gasteiger partial charge in [-0.15, -0.1) is 0 Å². The fraction of sp³-hybridized carbons (Fsp3) is 0.417. The summed E-state index contributed by atoms with van der Waals surface area (Å²) in [6, 6.07) is 3.00. The second-order valence-corrected chi connectivity index (χ2v) is 6.63. The molecule has 0 saturated heterocycles. The molecule has 0 spiro atoms. The van der Waals surface area contributed by atoms with Crippen molar-refractivity contribution in [2.45, 2.75) is 30.2 Å². The van der Waals surface area contributed by atoms with Crippen LogP contribution in [-0.4, -0.2) is 36.1 Å². The van der Waals surface area contributed by atoms with Crippen molar-refractivity contribution in [3.05, 3.63) is 27.1 Å². The van der Waals surface area contributed by atoms with Gasteiger partial charge in [-0.2, -0.15) is 48.3 Å². The molecule has 1 aromatic carbocycles. The molecule has 1 N–H and O–H groups in total. The predicted octanol–water partition coefficient (Wildman–Crippen LogP) is 6.19. The van der Waals surface area contributed by atoms with Gasteiger partial charge in [-0.1, -0.05) is 15.9 Å². The lowest BCUT2D eigenvalue weighted by molar-refractivity contribution is -0.472. The first-order chi connectivity index (χ1) is 12.3. The van der Waals surface area contributed by atoms with Crippen molar-refractivity contribution in [2.24, 2.45) is 0 Å². The van der Waals surface area contributed by atoms with E-state index in [9.17, 15) is 53.1 Å². The Hall–Kier alpha value is -1.16. The third kappa shape index (κ3) is 4.69. The van der Waals surface area contributed by atoms with Crippen LogP contribution in [0.4, 0.5) is 54.0 Å². The lowest BCUT2D eigenvalue weighted by atomic mass is 10.2. The van der Waals surface area contributed by atoms with E-state index in [0.717, 1.165) is 23.5 Å². The summed E-state index contributed by atoms with van der Waals surface area (Å²) < 4.78 is 142. The minimum Gasteiger partial charge on any atom is -0.320 e. The minimum absolute atomic E-state index is 0.230. The van der Waals surface area contributed by atoms with Crippen LogP contribution >= 0.6 is 31.9 Å². The molecule has 0 fully saturated rings. The maximum atomic E-state index is 14.0. The van der Waals surface area contributed by atoms with Crippen LogP contribution in [0.3, 0.4) is 0 Å². The van der Waals surface area contributed by atoms with E-state index >= 15 is 0 Å². The molecule has 0 unspecified atom stereocenters. The number of halogens is 13. The van der Waals surface area contributed by atoms with Gasteiger partial charge in [-0.25, -0.2) is 0 Å². The first kappa shape index (κ1) is 24.9. The third-order valence-corrected chi connectivity index (χ3v) is 3.98. The Balaban J connectivity index is 3.34. The molecule has 0 heterocycles. The largest absolute Gasteiger partial charge is 0.462 e. The molecule has 0 radical (unpaired) electrons. The zero-order chi connectivity index (χ0) is 22.3. The van der Waals surface area contributed by atoms with Crippen molar-refractivity contribution in [2.75, 3.05) is 5.32 Å². The van der Waals surface area contributed by atoms with Gasteiger partial charge < -0.3 is 5.32 Å². The molecule has 16 heteroatoms. The van der Waals surface area contributed by atoms with Gasteiger partial charge in [0.1, 0.15) is 0 Å². The number of hydrogen-bond acceptors (Lipinski definition) is 2. The molecule has 28 heavy (non-hydrogen) atoms. The van der Waals surface area contributed by atoms with E-state index in [1.54, 1.807) is 0 Å². The molecule has 0 aromatic heterocycles. The summed E-state index contributed by atoms with van der Waals surface area (Å²) in [6.07, 6.45) is -21.0. The number of alkyl halides is 11. The zero-order valence-corrected chi connectivity index (χ0v) is 15.6. The maximum absolute atomic E-state index is 14.0. The first-order valence-electron chi connectivity index (χ1n) is 6.31. The van der Waals surface area contributed by atoms with Crippen LogP contribution in [0.1, 0.15) is 0 Å². The van der Waals surface area contributed by atoms with Crippen molar-refractivity contribution >= 4 is 43.5 Å². The lowest BCUT2D eigenvalue weighted by Gasteiger charge is -2.34. The van der Waals surface area contributed by atoms with E-state index in [0.29, 0.717) is 0 Å². The number of carbonyl (C=O) groups excluding carboxylic acids is 1.